The molecule has 0 N–H and O–H groups in total. The third-order valence-corrected chi connectivity index (χ3v) is 1.88. The van der Waals surface area contributed by atoms with Gasteiger partial charge in [0.25, 0.3) is 6.29 Å². The zero-order chi connectivity index (χ0) is 11.4. The van der Waals surface area contributed by atoms with E-state index in [0.29, 0.717) is 0 Å². The van der Waals surface area contributed by atoms with Crippen molar-refractivity contribution in [2.45, 2.75) is 59.2 Å². The van der Waals surface area contributed by atoms with Crippen LogP contribution in [-0.4, -0.2) is 6.29 Å². The van der Waals surface area contributed by atoms with Crippen LogP contribution in [0.4, 0.5) is 0 Å². The summed E-state index contributed by atoms with van der Waals surface area (Å²) in [6, 6.07) is 0. The molecule has 0 atom stereocenters. The van der Waals surface area contributed by atoms with Gasteiger partial charge in [0.05, 0.1) is 0 Å². The predicted molar refractivity (Wildman–Crippen MR) is 61.6 cm³/mol. The van der Waals surface area contributed by atoms with Gasteiger partial charge in [-0.25, -0.2) is 0 Å². The fourth-order valence-electron chi connectivity index (χ4n) is 1.13. The zero-order valence-corrected chi connectivity index (χ0v) is 9.93. The molecule has 0 radical (unpaired) electrons. The van der Waals surface area contributed by atoms with Crippen molar-refractivity contribution >= 4 is 0 Å². The normalized spacial score (nSPS) is 8.53. The van der Waals surface area contributed by atoms with Gasteiger partial charge in [-0.3, -0.25) is 0 Å². The highest BCUT2D eigenvalue weighted by molar-refractivity contribution is 4.88. The molecule has 0 spiro atoms. The highest BCUT2D eigenvalue weighted by Crippen LogP contribution is 2.08. The van der Waals surface area contributed by atoms with Crippen LogP contribution in [0.2, 0.25) is 0 Å². The van der Waals surface area contributed by atoms with E-state index in [-0.39, 0.29) is 6.29 Å². The average Bonchev–Trinajstić information content (AvgIpc) is 2.27. The van der Waals surface area contributed by atoms with E-state index >= 15 is 0 Å². The zero-order valence-electron chi connectivity index (χ0n) is 9.93. The summed E-state index contributed by atoms with van der Waals surface area (Å²) >= 11 is 0. The van der Waals surface area contributed by atoms with Crippen molar-refractivity contribution in [3.05, 3.63) is 0 Å². The summed E-state index contributed by atoms with van der Waals surface area (Å²) in [6.07, 6.45) is 10.4. The van der Waals surface area contributed by atoms with E-state index in [2.05, 4.69) is 31.0 Å². The number of hydrogen-bond donors (Lipinski definition) is 0. The molecule has 2 heteroatoms. The van der Waals surface area contributed by atoms with Gasteiger partial charge in [0.1, 0.15) is 12.2 Å². The van der Waals surface area contributed by atoms with Crippen LogP contribution in [0.15, 0.2) is 0 Å². The highest BCUT2D eigenvalue weighted by atomic mass is 16.7. The Hall–Kier alpha value is -1.28. The van der Waals surface area contributed by atoms with Crippen LogP contribution >= 0.6 is 0 Å². The molecule has 0 aromatic rings. The van der Waals surface area contributed by atoms with Crippen molar-refractivity contribution in [1.82, 2.24) is 0 Å². The van der Waals surface area contributed by atoms with Crippen molar-refractivity contribution in [2.24, 2.45) is 0 Å². The minimum Gasteiger partial charge on any atom is -0.404 e. The van der Waals surface area contributed by atoms with Gasteiger partial charge < -0.3 is 9.47 Å². The predicted octanol–water partition coefficient (Wildman–Crippen LogP) is 3.28. The number of hydrogen-bond acceptors (Lipinski definition) is 2. The molecule has 0 aliphatic carbocycles. The summed E-state index contributed by atoms with van der Waals surface area (Å²) in [6.45, 7) is 5.66. The van der Waals surface area contributed by atoms with E-state index in [1.807, 2.05) is 0 Å². The second-order valence-electron chi connectivity index (χ2n) is 3.22. The van der Waals surface area contributed by atoms with Crippen LogP contribution in [0.3, 0.4) is 0 Å². The minimum atomic E-state index is -0.304. The van der Waals surface area contributed by atoms with Gasteiger partial charge in [0, 0.05) is 20.3 Å². The van der Waals surface area contributed by atoms with Gasteiger partial charge in [-0.1, -0.05) is 38.0 Å². The molecule has 0 aromatic carbocycles. The molecule has 0 aromatic heterocycles. The van der Waals surface area contributed by atoms with Crippen LogP contribution in [0.1, 0.15) is 52.9 Å². The van der Waals surface area contributed by atoms with E-state index in [0.717, 1.165) is 12.8 Å². The lowest BCUT2D eigenvalue weighted by Gasteiger charge is -2.11. The molecule has 0 aliphatic rings. The van der Waals surface area contributed by atoms with Gasteiger partial charge in [0.2, 0.25) is 0 Å². The standard InChI is InChI=1S/C13H20O2/c1-4-7-8-9-10-13(14-11-5-2)15-12-6-3/h13H,4,7-10H2,1-3H3. The smallest absolute Gasteiger partial charge is 0.261 e. The largest absolute Gasteiger partial charge is 0.404 e. The molecule has 0 aliphatic heterocycles. The fraction of sp³-hybridized carbons (Fsp3) is 0.692. The highest BCUT2D eigenvalue weighted by Gasteiger charge is 2.07. The van der Waals surface area contributed by atoms with Crippen LogP contribution in [0.5, 0.6) is 0 Å². The van der Waals surface area contributed by atoms with Crippen molar-refractivity contribution in [3.8, 4) is 24.1 Å². The van der Waals surface area contributed by atoms with E-state index in [9.17, 15) is 0 Å². The lowest BCUT2D eigenvalue weighted by molar-refractivity contribution is -0.0461. The van der Waals surface area contributed by atoms with Crippen molar-refractivity contribution in [3.63, 3.8) is 0 Å². The van der Waals surface area contributed by atoms with E-state index in [1.54, 1.807) is 13.8 Å². The summed E-state index contributed by atoms with van der Waals surface area (Å²) in [7, 11) is 0. The van der Waals surface area contributed by atoms with Gasteiger partial charge in [-0.2, -0.15) is 0 Å². The summed E-state index contributed by atoms with van der Waals surface area (Å²) in [5.74, 6) is 5.35. The second-order valence-corrected chi connectivity index (χ2v) is 3.22. The summed E-state index contributed by atoms with van der Waals surface area (Å²) in [4.78, 5) is 0. The first kappa shape index (κ1) is 13.7. The lowest BCUT2D eigenvalue weighted by Crippen LogP contribution is -2.12. The van der Waals surface area contributed by atoms with Crippen LogP contribution < -0.4 is 0 Å². The third-order valence-electron chi connectivity index (χ3n) is 1.88. The molecule has 15 heavy (non-hydrogen) atoms. The maximum Gasteiger partial charge on any atom is 0.261 e. The third kappa shape index (κ3) is 9.03. The fourth-order valence-corrected chi connectivity index (χ4v) is 1.13. The monoisotopic (exact) mass is 208 g/mol. The van der Waals surface area contributed by atoms with Gasteiger partial charge in [0.15, 0.2) is 0 Å². The molecule has 0 bridgehead atoms. The summed E-state index contributed by atoms with van der Waals surface area (Å²) < 4.78 is 10.4. The first-order valence-electron chi connectivity index (χ1n) is 5.50. The molecule has 0 saturated carbocycles. The first-order valence-corrected chi connectivity index (χ1v) is 5.50. The summed E-state index contributed by atoms with van der Waals surface area (Å²) in [5, 5.41) is 0. The molecular weight excluding hydrogens is 188 g/mol. The minimum absolute atomic E-state index is 0.304. The van der Waals surface area contributed by atoms with Gasteiger partial charge in [-0.05, 0) is 6.42 Å². The maximum absolute atomic E-state index is 5.19. The van der Waals surface area contributed by atoms with E-state index in [4.69, 9.17) is 9.47 Å². The van der Waals surface area contributed by atoms with Crippen LogP contribution in [0.25, 0.3) is 0 Å². The molecule has 0 saturated heterocycles. The maximum atomic E-state index is 5.19. The second kappa shape index (κ2) is 10.8. The lowest BCUT2D eigenvalue weighted by atomic mass is 10.1. The van der Waals surface area contributed by atoms with Gasteiger partial charge >= 0.3 is 0 Å². The Balaban J connectivity index is 3.75. The van der Waals surface area contributed by atoms with Gasteiger partial charge in [-0.15, -0.1) is 0 Å². The average molecular weight is 208 g/mol. The Kier molecular flexibility index (Phi) is 9.88. The molecule has 2 nitrogen and oxygen atoms in total. The van der Waals surface area contributed by atoms with Crippen molar-refractivity contribution < 1.29 is 9.47 Å². The molecule has 0 heterocycles. The van der Waals surface area contributed by atoms with E-state index in [1.165, 1.54) is 19.3 Å². The first-order chi connectivity index (χ1) is 7.35. The van der Waals surface area contributed by atoms with Crippen molar-refractivity contribution in [2.75, 3.05) is 0 Å². The Morgan fingerprint density at radius 2 is 1.53 bits per heavy atom. The van der Waals surface area contributed by atoms with Crippen molar-refractivity contribution in [1.29, 1.82) is 0 Å². The summed E-state index contributed by atoms with van der Waals surface area (Å²) in [5.41, 5.74) is 0. The topological polar surface area (TPSA) is 18.5 Å². The molecule has 0 fully saturated rings. The van der Waals surface area contributed by atoms with Crippen LogP contribution in [0, 0.1) is 24.1 Å². The quantitative estimate of drug-likeness (QED) is 0.363. The molecule has 84 valence electrons. The number of ether oxygens (including phenoxy) is 2. The Morgan fingerprint density at radius 1 is 0.933 bits per heavy atom. The molecule has 0 unspecified atom stereocenters. The molecule has 0 rings (SSSR count). The molecular formula is C13H20O2. The molecule has 0 amide bonds. The van der Waals surface area contributed by atoms with E-state index < -0.39 is 0 Å². The Bertz CT molecular complexity index is 227. The SMILES string of the molecule is CC#COC(CCCCCC)OC#CC. The Labute approximate surface area is 93.3 Å². The van der Waals surface area contributed by atoms with Crippen LogP contribution in [-0.2, 0) is 9.47 Å². The number of rotatable bonds is 7. The number of unbranched alkanes of at least 4 members (excludes halogenated alkanes) is 3. The Morgan fingerprint density at radius 3 is 2.00 bits per heavy atom.